The van der Waals surface area contributed by atoms with Crippen molar-refractivity contribution in [3.8, 4) is 0 Å². The van der Waals surface area contributed by atoms with Crippen molar-refractivity contribution in [1.29, 1.82) is 0 Å². The zero-order valence-electron chi connectivity index (χ0n) is 9.54. The standard InChI is InChI=1S/C12H14F2N2O/c1-7-2-10(14)11(4-9(7)13)16-6-8(5-15)3-12(16)17/h2,4,8H,3,5-6,15H2,1H3. The summed E-state index contributed by atoms with van der Waals surface area (Å²) in [6.07, 6.45) is 0.297. The molecule has 1 amide bonds. The highest BCUT2D eigenvalue weighted by Crippen LogP contribution is 2.28. The number of nitrogens with two attached hydrogens (primary N) is 1. The summed E-state index contributed by atoms with van der Waals surface area (Å²) >= 11 is 0. The first-order valence-corrected chi connectivity index (χ1v) is 5.49. The number of rotatable bonds is 2. The number of carbonyl (C=O) groups excluding carboxylic acids is 1. The second-order valence-corrected chi connectivity index (χ2v) is 4.36. The Bertz CT molecular complexity index is 462. The highest BCUT2D eigenvalue weighted by molar-refractivity contribution is 5.95. The van der Waals surface area contributed by atoms with E-state index in [0.717, 1.165) is 12.1 Å². The number of nitrogens with zero attached hydrogens (tertiary/aromatic N) is 1. The molecule has 0 aliphatic carbocycles. The SMILES string of the molecule is Cc1cc(F)c(N2CC(CN)CC2=O)cc1F. The average molecular weight is 240 g/mol. The summed E-state index contributed by atoms with van der Waals surface area (Å²) in [5, 5.41) is 0. The third-order valence-corrected chi connectivity index (χ3v) is 3.06. The van der Waals surface area contributed by atoms with E-state index in [9.17, 15) is 13.6 Å². The summed E-state index contributed by atoms with van der Waals surface area (Å²) in [5.74, 6) is -1.27. The van der Waals surface area contributed by atoms with Crippen molar-refractivity contribution < 1.29 is 13.6 Å². The summed E-state index contributed by atoms with van der Waals surface area (Å²) < 4.78 is 27.1. The predicted molar refractivity (Wildman–Crippen MR) is 60.6 cm³/mol. The zero-order valence-corrected chi connectivity index (χ0v) is 9.54. The van der Waals surface area contributed by atoms with Gasteiger partial charge in [-0.05, 0) is 31.0 Å². The van der Waals surface area contributed by atoms with Crippen LogP contribution in [0.4, 0.5) is 14.5 Å². The van der Waals surface area contributed by atoms with Gasteiger partial charge in [-0.25, -0.2) is 8.78 Å². The van der Waals surface area contributed by atoms with Crippen LogP contribution in [-0.2, 0) is 4.79 Å². The Hall–Kier alpha value is -1.49. The molecular formula is C12H14F2N2O. The third kappa shape index (κ3) is 2.15. The van der Waals surface area contributed by atoms with E-state index in [4.69, 9.17) is 5.73 Å². The fourth-order valence-electron chi connectivity index (χ4n) is 2.01. The van der Waals surface area contributed by atoms with Gasteiger partial charge in [-0.1, -0.05) is 0 Å². The number of amides is 1. The largest absolute Gasteiger partial charge is 0.330 e. The molecule has 2 rings (SSSR count). The van der Waals surface area contributed by atoms with Crippen LogP contribution in [0.15, 0.2) is 12.1 Å². The summed E-state index contributed by atoms with van der Waals surface area (Å²) in [5.41, 5.74) is 5.72. The topological polar surface area (TPSA) is 46.3 Å². The summed E-state index contributed by atoms with van der Waals surface area (Å²) in [6, 6.07) is 2.18. The Balaban J connectivity index is 2.35. The van der Waals surface area contributed by atoms with Gasteiger partial charge in [0.15, 0.2) is 0 Å². The van der Waals surface area contributed by atoms with Crippen molar-refractivity contribution >= 4 is 11.6 Å². The van der Waals surface area contributed by atoms with Crippen LogP contribution in [-0.4, -0.2) is 19.0 Å². The Labute approximate surface area is 98.2 Å². The fraction of sp³-hybridized carbons (Fsp3) is 0.417. The maximum Gasteiger partial charge on any atom is 0.227 e. The van der Waals surface area contributed by atoms with Crippen LogP contribution in [0.2, 0.25) is 0 Å². The molecule has 5 heteroatoms. The van der Waals surface area contributed by atoms with E-state index in [1.165, 1.54) is 11.8 Å². The van der Waals surface area contributed by atoms with Crippen LogP contribution >= 0.6 is 0 Å². The van der Waals surface area contributed by atoms with E-state index < -0.39 is 11.6 Å². The quantitative estimate of drug-likeness (QED) is 0.853. The number of halogens is 2. The van der Waals surface area contributed by atoms with Gasteiger partial charge in [-0.3, -0.25) is 4.79 Å². The molecule has 0 saturated carbocycles. The number of hydrogen-bond acceptors (Lipinski definition) is 2. The molecule has 1 heterocycles. The van der Waals surface area contributed by atoms with E-state index >= 15 is 0 Å². The monoisotopic (exact) mass is 240 g/mol. The zero-order chi connectivity index (χ0) is 12.6. The van der Waals surface area contributed by atoms with Crippen molar-refractivity contribution in [1.82, 2.24) is 0 Å². The van der Waals surface area contributed by atoms with E-state index in [-0.39, 0.29) is 23.1 Å². The van der Waals surface area contributed by atoms with Gasteiger partial charge in [-0.2, -0.15) is 0 Å². The number of anilines is 1. The smallest absolute Gasteiger partial charge is 0.227 e. The summed E-state index contributed by atoms with van der Waals surface area (Å²) in [7, 11) is 0. The van der Waals surface area contributed by atoms with Crippen molar-refractivity contribution in [2.75, 3.05) is 18.0 Å². The van der Waals surface area contributed by atoms with Crippen LogP contribution in [0.1, 0.15) is 12.0 Å². The highest BCUT2D eigenvalue weighted by atomic mass is 19.1. The van der Waals surface area contributed by atoms with Gasteiger partial charge in [0, 0.05) is 19.0 Å². The van der Waals surface area contributed by atoms with Gasteiger partial charge in [0.1, 0.15) is 11.6 Å². The van der Waals surface area contributed by atoms with Crippen LogP contribution < -0.4 is 10.6 Å². The lowest BCUT2D eigenvalue weighted by atomic mass is 10.1. The van der Waals surface area contributed by atoms with Gasteiger partial charge in [0.05, 0.1) is 5.69 Å². The van der Waals surface area contributed by atoms with E-state index in [1.807, 2.05) is 0 Å². The van der Waals surface area contributed by atoms with Gasteiger partial charge >= 0.3 is 0 Å². The number of hydrogen-bond donors (Lipinski definition) is 1. The minimum Gasteiger partial charge on any atom is -0.330 e. The lowest BCUT2D eigenvalue weighted by molar-refractivity contribution is -0.117. The maximum atomic E-state index is 13.7. The molecular weight excluding hydrogens is 226 g/mol. The molecule has 1 aliphatic heterocycles. The molecule has 0 radical (unpaired) electrons. The Morgan fingerprint density at radius 2 is 2.12 bits per heavy atom. The molecule has 3 nitrogen and oxygen atoms in total. The summed E-state index contributed by atoms with van der Waals surface area (Å²) in [4.78, 5) is 12.9. The number of carbonyl (C=O) groups is 1. The minimum atomic E-state index is -0.574. The minimum absolute atomic E-state index is 0.00838. The molecule has 1 unspecified atom stereocenters. The predicted octanol–water partition coefficient (Wildman–Crippen LogP) is 1.58. The van der Waals surface area contributed by atoms with Crippen LogP contribution in [0.3, 0.4) is 0 Å². The van der Waals surface area contributed by atoms with E-state index in [1.54, 1.807) is 0 Å². The molecule has 1 aromatic rings. The van der Waals surface area contributed by atoms with Crippen LogP contribution in [0.5, 0.6) is 0 Å². The Morgan fingerprint density at radius 1 is 1.41 bits per heavy atom. The first kappa shape index (κ1) is 12.0. The Kier molecular flexibility index (Phi) is 3.11. The van der Waals surface area contributed by atoms with Gasteiger partial charge in [0.25, 0.3) is 0 Å². The second kappa shape index (κ2) is 4.41. The Morgan fingerprint density at radius 3 is 2.71 bits per heavy atom. The molecule has 0 aromatic heterocycles. The lowest BCUT2D eigenvalue weighted by Gasteiger charge is -2.18. The molecule has 1 atom stereocenters. The van der Waals surface area contributed by atoms with E-state index in [2.05, 4.69) is 0 Å². The number of benzene rings is 1. The molecule has 1 fully saturated rings. The molecule has 1 aromatic carbocycles. The van der Waals surface area contributed by atoms with Crippen molar-refractivity contribution in [2.45, 2.75) is 13.3 Å². The second-order valence-electron chi connectivity index (χ2n) is 4.36. The molecule has 0 spiro atoms. The lowest BCUT2D eigenvalue weighted by Crippen LogP contribution is -2.26. The van der Waals surface area contributed by atoms with Gasteiger partial charge < -0.3 is 10.6 Å². The molecule has 17 heavy (non-hydrogen) atoms. The molecule has 92 valence electrons. The fourth-order valence-corrected chi connectivity index (χ4v) is 2.01. The normalized spacial score (nSPS) is 20.1. The van der Waals surface area contributed by atoms with Crippen molar-refractivity contribution in [3.63, 3.8) is 0 Å². The third-order valence-electron chi connectivity index (χ3n) is 3.06. The first-order valence-electron chi connectivity index (χ1n) is 5.49. The van der Waals surface area contributed by atoms with Crippen LogP contribution in [0, 0.1) is 24.5 Å². The highest BCUT2D eigenvalue weighted by Gasteiger charge is 2.31. The first-order chi connectivity index (χ1) is 8.02. The van der Waals surface area contributed by atoms with Crippen molar-refractivity contribution in [2.24, 2.45) is 11.7 Å². The average Bonchev–Trinajstić information content (AvgIpc) is 2.65. The van der Waals surface area contributed by atoms with Gasteiger partial charge in [0.2, 0.25) is 5.91 Å². The molecule has 1 saturated heterocycles. The summed E-state index contributed by atoms with van der Waals surface area (Å²) in [6.45, 7) is 2.21. The van der Waals surface area contributed by atoms with E-state index in [0.29, 0.717) is 19.5 Å². The van der Waals surface area contributed by atoms with Gasteiger partial charge in [-0.15, -0.1) is 0 Å². The number of aryl methyl sites for hydroxylation is 1. The molecule has 2 N–H and O–H groups in total. The maximum absolute atomic E-state index is 13.7. The van der Waals surface area contributed by atoms with Crippen molar-refractivity contribution in [3.05, 3.63) is 29.3 Å². The molecule has 1 aliphatic rings. The molecule has 0 bridgehead atoms. The van der Waals surface area contributed by atoms with Crippen LogP contribution in [0.25, 0.3) is 0 Å².